The quantitative estimate of drug-likeness (QED) is 0.319. The van der Waals surface area contributed by atoms with Crippen molar-refractivity contribution in [1.29, 1.82) is 0 Å². The summed E-state index contributed by atoms with van der Waals surface area (Å²) in [5.41, 5.74) is 3.62. The number of likely N-dealkylation sites (N-methyl/N-ethyl adjacent to an activating group) is 2. The number of hydrogen-bond donors (Lipinski definition) is 2. The number of anilines is 4. The van der Waals surface area contributed by atoms with Gasteiger partial charge in [-0.3, -0.25) is 4.79 Å². The van der Waals surface area contributed by atoms with Gasteiger partial charge in [-0.2, -0.15) is 4.98 Å². The number of nitrogens with one attached hydrogen (secondary N) is 2. The van der Waals surface area contributed by atoms with Crippen molar-refractivity contribution in [3.63, 3.8) is 0 Å². The van der Waals surface area contributed by atoms with Crippen LogP contribution in [0.4, 0.5) is 23.0 Å². The lowest BCUT2D eigenvalue weighted by Gasteiger charge is -2.25. The number of nitrogens with zero attached hydrogens (tertiary/aromatic N) is 5. The molecule has 1 amide bonds. The SMILES string of the molecule is C=CC(=O)Nc1cc(Nc2ncnc(-c3ccc4occc4c3)n2)c(OC)cc1N(C)CCN(C)C. The minimum Gasteiger partial charge on any atom is -0.494 e. The Hall–Kier alpha value is -4.44. The second-order valence-electron chi connectivity index (χ2n) is 8.42. The number of hydrogen-bond acceptors (Lipinski definition) is 9. The molecule has 0 saturated carbocycles. The minimum atomic E-state index is -0.314. The molecule has 4 rings (SSSR count). The topological polar surface area (TPSA) is 109 Å². The van der Waals surface area contributed by atoms with E-state index in [0.29, 0.717) is 28.9 Å². The van der Waals surface area contributed by atoms with E-state index >= 15 is 0 Å². The fourth-order valence-corrected chi connectivity index (χ4v) is 3.63. The fourth-order valence-electron chi connectivity index (χ4n) is 3.63. The van der Waals surface area contributed by atoms with Gasteiger partial charge in [0.15, 0.2) is 5.82 Å². The van der Waals surface area contributed by atoms with E-state index in [0.717, 1.165) is 35.3 Å². The van der Waals surface area contributed by atoms with Gasteiger partial charge in [-0.15, -0.1) is 0 Å². The molecule has 2 N–H and O–H groups in total. The van der Waals surface area contributed by atoms with E-state index in [9.17, 15) is 4.79 Å². The van der Waals surface area contributed by atoms with Crippen molar-refractivity contribution in [2.45, 2.75) is 0 Å². The summed E-state index contributed by atoms with van der Waals surface area (Å²) in [5, 5.41) is 7.05. The summed E-state index contributed by atoms with van der Waals surface area (Å²) in [7, 11) is 7.57. The minimum absolute atomic E-state index is 0.314. The molecule has 0 aliphatic carbocycles. The molecule has 2 aromatic heterocycles. The zero-order valence-corrected chi connectivity index (χ0v) is 20.8. The normalized spacial score (nSPS) is 10.9. The van der Waals surface area contributed by atoms with Gasteiger partial charge in [-0.1, -0.05) is 6.58 Å². The summed E-state index contributed by atoms with van der Waals surface area (Å²) in [4.78, 5) is 29.5. The number of furan rings is 1. The smallest absolute Gasteiger partial charge is 0.247 e. The van der Waals surface area contributed by atoms with Crippen LogP contribution in [-0.2, 0) is 4.79 Å². The molecule has 0 bridgehead atoms. The average Bonchev–Trinajstić information content (AvgIpc) is 3.35. The van der Waals surface area contributed by atoms with E-state index in [1.165, 1.54) is 12.4 Å². The van der Waals surface area contributed by atoms with Crippen molar-refractivity contribution in [3.05, 3.63) is 61.6 Å². The third-order valence-electron chi connectivity index (χ3n) is 5.58. The number of carbonyl (C=O) groups excluding carboxylic acids is 1. The Morgan fingerprint density at radius 2 is 1.94 bits per heavy atom. The van der Waals surface area contributed by atoms with Gasteiger partial charge in [0, 0.05) is 37.2 Å². The Balaban J connectivity index is 1.67. The summed E-state index contributed by atoms with van der Waals surface area (Å²) in [6.45, 7) is 5.15. The largest absolute Gasteiger partial charge is 0.494 e. The molecule has 2 heterocycles. The van der Waals surface area contributed by atoms with E-state index in [2.05, 4.69) is 42.0 Å². The molecule has 4 aromatic rings. The Morgan fingerprint density at radius 1 is 1.11 bits per heavy atom. The zero-order valence-electron chi connectivity index (χ0n) is 20.8. The fraction of sp³-hybridized carbons (Fsp3) is 0.231. The maximum absolute atomic E-state index is 12.2. The second-order valence-corrected chi connectivity index (χ2v) is 8.42. The summed E-state index contributed by atoms with van der Waals surface area (Å²) in [5.74, 6) is 1.10. The lowest BCUT2D eigenvalue weighted by molar-refractivity contribution is -0.111. The molecular formula is C26H29N7O3. The molecule has 0 radical (unpaired) electrons. The van der Waals surface area contributed by atoms with Gasteiger partial charge in [0.25, 0.3) is 0 Å². The molecule has 0 unspecified atom stereocenters. The molecule has 0 atom stereocenters. The predicted octanol–water partition coefficient (Wildman–Crippen LogP) is 4.16. The summed E-state index contributed by atoms with van der Waals surface area (Å²) >= 11 is 0. The predicted molar refractivity (Wildman–Crippen MR) is 142 cm³/mol. The lowest BCUT2D eigenvalue weighted by Crippen LogP contribution is -2.29. The number of aromatic nitrogens is 3. The number of amides is 1. The van der Waals surface area contributed by atoms with Crippen LogP contribution in [0.25, 0.3) is 22.4 Å². The third-order valence-corrected chi connectivity index (χ3v) is 5.58. The molecular weight excluding hydrogens is 458 g/mol. The molecule has 10 heteroatoms. The van der Waals surface area contributed by atoms with Crippen LogP contribution < -0.4 is 20.3 Å². The highest BCUT2D eigenvalue weighted by atomic mass is 16.5. The molecule has 0 aliphatic heterocycles. The molecule has 2 aromatic carbocycles. The van der Waals surface area contributed by atoms with Crippen LogP contribution in [-0.4, -0.2) is 67.1 Å². The monoisotopic (exact) mass is 487 g/mol. The van der Waals surface area contributed by atoms with E-state index in [4.69, 9.17) is 9.15 Å². The number of rotatable bonds is 10. The average molecular weight is 488 g/mol. The number of methoxy groups -OCH3 is 1. The highest BCUT2D eigenvalue weighted by Crippen LogP contribution is 2.38. The third kappa shape index (κ3) is 5.61. The van der Waals surface area contributed by atoms with Gasteiger partial charge in [0.1, 0.15) is 17.7 Å². The zero-order chi connectivity index (χ0) is 25.7. The molecule has 0 aliphatic rings. The molecule has 0 fully saturated rings. The Labute approximate surface area is 209 Å². The Bertz CT molecular complexity index is 1380. The molecule has 10 nitrogen and oxygen atoms in total. The number of carbonyl (C=O) groups is 1. The van der Waals surface area contributed by atoms with E-state index < -0.39 is 0 Å². The van der Waals surface area contributed by atoms with E-state index in [1.54, 1.807) is 19.4 Å². The van der Waals surface area contributed by atoms with Crippen LogP contribution in [0.2, 0.25) is 0 Å². The number of fused-ring (bicyclic) bond motifs is 1. The van der Waals surface area contributed by atoms with Crippen molar-refractivity contribution in [3.8, 4) is 17.1 Å². The summed E-state index contributed by atoms with van der Waals surface area (Å²) in [6.07, 6.45) is 4.32. The van der Waals surface area contributed by atoms with Gasteiger partial charge in [0.05, 0.1) is 30.4 Å². The van der Waals surface area contributed by atoms with Crippen LogP contribution in [0.5, 0.6) is 5.75 Å². The molecule has 36 heavy (non-hydrogen) atoms. The maximum atomic E-state index is 12.2. The summed E-state index contributed by atoms with van der Waals surface area (Å²) < 4.78 is 11.1. The first-order chi connectivity index (χ1) is 17.4. The Kier molecular flexibility index (Phi) is 7.45. The lowest BCUT2D eigenvalue weighted by atomic mass is 10.1. The first kappa shape index (κ1) is 24.7. The number of benzene rings is 2. The van der Waals surface area contributed by atoms with Gasteiger partial charge in [-0.25, -0.2) is 9.97 Å². The van der Waals surface area contributed by atoms with Crippen LogP contribution in [0.15, 0.2) is 66.1 Å². The van der Waals surface area contributed by atoms with Gasteiger partial charge in [-0.05, 0) is 50.5 Å². The second kappa shape index (κ2) is 10.9. The van der Waals surface area contributed by atoms with Crippen LogP contribution >= 0.6 is 0 Å². The van der Waals surface area contributed by atoms with Crippen molar-refractivity contribution in [2.24, 2.45) is 0 Å². The van der Waals surface area contributed by atoms with Crippen molar-refractivity contribution in [1.82, 2.24) is 19.9 Å². The van der Waals surface area contributed by atoms with Gasteiger partial charge in [0.2, 0.25) is 11.9 Å². The molecule has 0 saturated heterocycles. The van der Waals surface area contributed by atoms with Crippen molar-refractivity contribution < 1.29 is 13.9 Å². The van der Waals surface area contributed by atoms with Crippen LogP contribution in [0, 0.1) is 0 Å². The van der Waals surface area contributed by atoms with Crippen molar-refractivity contribution >= 4 is 39.9 Å². The van der Waals surface area contributed by atoms with Gasteiger partial charge >= 0.3 is 0 Å². The van der Waals surface area contributed by atoms with E-state index in [1.807, 2.05) is 51.5 Å². The first-order valence-electron chi connectivity index (χ1n) is 11.3. The standard InChI is InChI=1S/C26H29N7O3/c1-6-24(34)29-19-14-20(23(35-5)15-21(19)33(4)11-10-32(2)3)30-26-28-16-27-25(31-26)18-7-8-22-17(13-18)9-12-36-22/h6-9,12-16H,1,10-11H2,2-5H3,(H,29,34)(H,27,28,30,31). The molecule has 186 valence electrons. The maximum Gasteiger partial charge on any atom is 0.247 e. The first-order valence-corrected chi connectivity index (χ1v) is 11.3. The van der Waals surface area contributed by atoms with E-state index in [-0.39, 0.29) is 5.91 Å². The summed E-state index contributed by atoms with van der Waals surface area (Å²) in [6, 6.07) is 11.3. The molecule has 0 spiro atoms. The van der Waals surface area contributed by atoms with Crippen LogP contribution in [0.3, 0.4) is 0 Å². The highest BCUT2D eigenvalue weighted by Gasteiger charge is 2.17. The number of ether oxygens (including phenoxy) is 1. The van der Waals surface area contributed by atoms with Crippen molar-refractivity contribution in [2.75, 3.05) is 56.9 Å². The highest BCUT2D eigenvalue weighted by molar-refractivity contribution is 6.02. The Morgan fingerprint density at radius 3 is 2.69 bits per heavy atom. The van der Waals surface area contributed by atoms with Gasteiger partial charge < -0.3 is 29.6 Å². The van der Waals surface area contributed by atoms with Crippen LogP contribution in [0.1, 0.15) is 0 Å².